The molecule has 1 aromatic heterocycles. The number of hydrogen-bond donors (Lipinski definition) is 6. The van der Waals surface area contributed by atoms with E-state index in [0.717, 1.165) is 19.4 Å². The highest BCUT2D eigenvalue weighted by atomic mass is 16.4. The number of carboxylic acids is 1. The molecule has 6 N–H and O–H groups in total. The van der Waals surface area contributed by atoms with E-state index in [1.165, 1.54) is 19.4 Å². The second kappa shape index (κ2) is 10.6. The first kappa shape index (κ1) is 23.7. The molecule has 0 bridgehead atoms. The lowest BCUT2D eigenvalue weighted by Crippen LogP contribution is -2.58. The Hall–Kier alpha value is -2.99. The molecule has 1 aromatic rings. The number of carboxylic acid groups (broad SMARTS) is 1. The average molecular weight is 450 g/mol. The topological polar surface area (TPSA) is 177 Å². The fourth-order valence-corrected chi connectivity index (χ4v) is 4.13. The van der Waals surface area contributed by atoms with Gasteiger partial charge in [0.1, 0.15) is 12.1 Å². The molecular weight excluding hydrogens is 420 g/mol. The van der Waals surface area contributed by atoms with E-state index in [0.29, 0.717) is 25.1 Å². The normalized spacial score (nSPS) is 23.4. The van der Waals surface area contributed by atoms with Gasteiger partial charge in [-0.3, -0.25) is 14.4 Å². The molecule has 3 heterocycles. The quantitative estimate of drug-likeness (QED) is 0.253. The van der Waals surface area contributed by atoms with Gasteiger partial charge < -0.3 is 36.0 Å². The maximum absolute atomic E-state index is 13.1. The molecule has 3 amide bonds. The summed E-state index contributed by atoms with van der Waals surface area (Å²) in [6.45, 7) is 2.48. The first-order valence-corrected chi connectivity index (χ1v) is 10.8. The van der Waals surface area contributed by atoms with Gasteiger partial charge in [0.15, 0.2) is 6.04 Å². The lowest BCUT2D eigenvalue weighted by atomic mass is 10.1. The van der Waals surface area contributed by atoms with E-state index in [4.69, 9.17) is 0 Å². The number of aliphatic hydroxyl groups is 1. The van der Waals surface area contributed by atoms with Crippen molar-refractivity contribution in [3.8, 4) is 0 Å². The molecule has 0 spiro atoms. The zero-order chi connectivity index (χ0) is 23.3. The van der Waals surface area contributed by atoms with Crippen LogP contribution in [0.4, 0.5) is 0 Å². The summed E-state index contributed by atoms with van der Waals surface area (Å²) < 4.78 is 0. The molecule has 0 aromatic carbocycles. The smallest absolute Gasteiger partial charge is 0.328 e. The molecule has 2 aliphatic rings. The second-order valence-electron chi connectivity index (χ2n) is 8.25. The molecule has 5 unspecified atom stereocenters. The monoisotopic (exact) mass is 450 g/mol. The zero-order valence-corrected chi connectivity index (χ0v) is 17.9. The van der Waals surface area contributed by atoms with Crippen LogP contribution < -0.4 is 16.0 Å². The van der Waals surface area contributed by atoms with E-state index >= 15 is 0 Å². The fraction of sp³-hybridized carbons (Fsp3) is 0.650. The van der Waals surface area contributed by atoms with Crippen molar-refractivity contribution in [3.63, 3.8) is 0 Å². The van der Waals surface area contributed by atoms with Crippen LogP contribution in [0.25, 0.3) is 0 Å². The molecule has 5 atom stereocenters. The largest absolute Gasteiger partial charge is 0.480 e. The third kappa shape index (κ3) is 5.62. The molecule has 2 fully saturated rings. The fourth-order valence-electron chi connectivity index (χ4n) is 4.13. The number of likely N-dealkylation sites (tertiary alicyclic amines) is 1. The van der Waals surface area contributed by atoms with Crippen LogP contribution in [0.15, 0.2) is 12.5 Å². The maximum atomic E-state index is 13.1. The van der Waals surface area contributed by atoms with Crippen molar-refractivity contribution in [1.82, 2.24) is 30.8 Å². The van der Waals surface area contributed by atoms with Gasteiger partial charge in [-0.05, 0) is 39.2 Å². The third-order valence-electron chi connectivity index (χ3n) is 5.86. The summed E-state index contributed by atoms with van der Waals surface area (Å²) in [6, 6.07) is -3.64. The molecular formula is C20H30N6O6. The summed E-state index contributed by atoms with van der Waals surface area (Å²) in [7, 11) is 0. The Balaban J connectivity index is 1.71. The minimum absolute atomic E-state index is 0.0363. The van der Waals surface area contributed by atoms with E-state index in [9.17, 15) is 29.4 Å². The summed E-state index contributed by atoms with van der Waals surface area (Å²) in [5.41, 5.74) is 0.559. The SMILES string of the molecule is CC(O)C(NC(=O)C(Cc1cnc[nH]1)NC(=O)C1CCCN1C(=O)C1CCCN1)C(=O)O. The van der Waals surface area contributed by atoms with Gasteiger partial charge in [0, 0.05) is 24.9 Å². The lowest BCUT2D eigenvalue weighted by Gasteiger charge is -2.28. The lowest BCUT2D eigenvalue weighted by molar-refractivity contribution is -0.145. The maximum Gasteiger partial charge on any atom is 0.328 e. The summed E-state index contributed by atoms with van der Waals surface area (Å²) in [5, 5.41) is 27.0. The molecule has 0 saturated carbocycles. The Morgan fingerprint density at radius 3 is 2.62 bits per heavy atom. The van der Waals surface area contributed by atoms with Gasteiger partial charge in [-0.15, -0.1) is 0 Å². The van der Waals surface area contributed by atoms with E-state index < -0.39 is 42.0 Å². The molecule has 2 aliphatic heterocycles. The highest BCUT2D eigenvalue weighted by Gasteiger charge is 2.39. The summed E-state index contributed by atoms with van der Waals surface area (Å²) in [5.74, 6) is -2.74. The number of rotatable bonds is 9. The Morgan fingerprint density at radius 1 is 1.25 bits per heavy atom. The molecule has 0 radical (unpaired) electrons. The first-order chi connectivity index (χ1) is 15.3. The van der Waals surface area contributed by atoms with Crippen molar-refractivity contribution in [3.05, 3.63) is 18.2 Å². The highest BCUT2D eigenvalue weighted by molar-refractivity contribution is 5.94. The number of aliphatic hydroxyl groups excluding tert-OH is 1. The van der Waals surface area contributed by atoms with Crippen molar-refractivity contribution in [2.75, 3.05) is 13.1 Å². The van der Waals surface area contributed by atoms with Crippen LogP contribution in [0.1, 0.15) is 38.3 Å². The van der Waals surface area contributed by atoms with Gasteiger partial charge in [-0.25, -0.2) is 9.78 Å². The molecule has 3 rings (SSSR count). The van der Waals surface area contributed by atoms with Gasteiger partial charge in [-0.1, -0.05) is 0 Å². The number of H-pyrrole nitrogens is 1. The second-order valence-corrected chi connectivity index (χ2v) is 8.25. The van der Waals surface area contributed by atoms with E-state index in [-0.39, 0.29) is 18.4 Å². The number of aliphatic carboxylic acids is 1. The van der Waals surface area contributed by atoms with Crippen LogP contribution in [0.3, 0.4) is 0 Å². The van der Waals surface area contributed by atoms with Crippen molar-refractivity contribution in [2.45, 2.75) is 69.3 Å². The third-order valence-corrected chi connectivity index (χ3v) is 5.86. The number of hydrogen-bond acceptors (Lipinski definition) is 7. The van der Waals surface area contributed by atoms with Crippen molar-refractivity contribution >= 4 is 23.7 Å². The Labute approximate surface area is 185 Å². The minimum Gasteiger partial charge on any atom is -0.480 e. The van der Waals surface area contributed by atoms with Crippen molar-refractivity contribution in [1.29, 1.82) is 0 Å². The predicted molar refractivity (Wildman–Crippen MR) is 111 cm³/mol. The van der Waals surface area contributed by atoms with Crippen molar-refractivity contribution < 1.29 is 29.4 Å². The Morgan fingerprint density at radius 2 is 2.03 bits per heavy atom. The highest BCUT2D eigenvalue weighted by Crippen LogP contribution is 2.21. The molecule has 176 valence electrons. The average Bonchev–Trinajstić information content (AvgIpc) is 3.52. The van der Waals surface area contributed by atoms with Gasteiger partial charge in [0.25, 0.3) is 0 Å². The van der Waals surface area contributed by atoms with Crippen LogP contribution in [0, 0.1) is 0 Å². The molecule has 0 aliphatic carbocycles. The first-order valence-electron chi connectivity index (χ1n) is 10.8. The van der Waals surface area contributed by atoms with Crippen LogP contribution in [0.2, 0.25) is 0 Å². The van der Waals surface area contributed by atoms with Crippen molar-refractivity contribution in [2.24, 2.45) is 0 Å². The summed E-state index contributed by atoms with van der Waals surface area (Å²) in [4.78, 5) is 58.4. The number of amides is 3. The predicted octanol–water partition coefficient (Wildman–Crippen LogP) is -1.87. The van der Waals surface area contributed by atoms with Crippen LogP contribution >= 0.6 is 0 Å². The van der Waals surface area contributed by atoms with Gasteiger partial charge in [0.2, 0.25) is 17.7 Å². The number of aromatic amines is 1. The number of carbonyl (C=O) groups excluding carboxylic acids is 3. The number of aromatic nitrogens is 2. The van der Waals surface area contributed by atoms with Gasteiger partial charge >= 0.3 is 5.97 Å². The van der Waals surface area contributed by atoms with E-state index in [1.54, 1.807) is 4.90 Å². The molecule has 12 nitrogen and oxygen atoms in total. The van der Waals surface area contributed by atoms with Crippen LogP contribution in [-0.2, 0) is 25.6 Å². The zero-order valence-electron chi connectivity index (χ0n) is 17.9. The molecule has 32 heavy (non-hydrogen) atoms. The van der Waals surface area contributed by atoms with Crippen LogP contribution in [-0.4, -0.2) is 92.1 Å². The Bertz CT molecular complexity index is 823. The number of nitrogens with zero attached hydrogens (tertiary/aromatic N) is 2. The summed E-state index contributed by atoms with van der Waals surface area (Å²) >= 11 is 0. The van der Waals surface area contributed by atoms with E-state index in [1.807, 2.05) is 0 Å². The molecule has 2 saturated heterocycles. The van der Waals surface area contributed by atoms with Gasteiger partial charge in [0.05, 0.1) is 18.5 Å². The number of imidazole rings is 1. The minimum atomic E-state index is -1.53. The van der Waals surface area contributed by atoms with E-state index in [2.05, 4.69) is 25.9 Å². The Kier molecular flexibility index (Phi) is 7.80. The van der Waals surface area contributed by atoms with Crippen LogP contribution in [0.5, 0.6) is 0 Å². The van der Waals surface area contributed by atoms with Gasteiger partial charge in [-0.2, -0.15) is 0 Å². The summed E-state index contributed by atoms with van der Waals surface area (Å²) in [6.07, 6.45) is 4.41. The number of carbonyl (C=O) groups is 4. The number of nitrogens with one attached hydrogen (secondary N) is 4. The standard InChI is InChI=1S/C20H30N6O6/c1-11(27)16(20(31)32)25-17(28)14(8-12-9-21-10-23-12)24-18(29)15-5-3-7-26(15)19(30)13-4-2-6-22-13/h9-11,13-16,22,27H,2-8H2,1H3,(H,21,23)(H,24,29)(H,25,28)(H,31,32). The molecule has 12 heteroatoms.